The molecular formula is C19H23Cl2N3OS. The second kappa shape index (κ2) is 9.60. The van der Waals surface area contributed by atoms with E-state index in [1.54, 1.807) is 0 Å². The second-order valence-electron chi connectivity index (χ2n) is 6.34. The molecule has 0 bridgehead atoms. The molecule has 1 aromatic heterocycles. The lowest BCUT2D eigenvalue weighted by Crippen LogP contribution is -2.46. The largest absolute Gasteiger partial charge is 0.368 e. The molecule has 0 atom stereocenters. The van der Waals surface area contributed by atoms with E-state index in [-0.39, 0.29) is 5.91 Å². The molecular weight excluding hydrogens is 389 g/mol. The van der Waals surface area contributed by atoms with E-state index in [0.29, 0.717) is 10.0 Å². The van der Waals surface area contributed by atoms with Gasteiger partial charge in [0, 0.05) is 32.7 Å². The maximum Gasteiger partial charge on any atom is 0.261 e. The fourth-order valence-electron chi connectivity index (χ4n) is 3.11. The number of amides is 1. The van der Waals surface area contributed by atoms with Gasteiger partial charge in [-0.25, -0.2) is 0 Å². The summed E-state index contributed by atoms with van der Waals surface area (Å²) in [4.78, 5) is 17.4. The van der Waals surface area contributed by atoms with Crippen molar-refractivity contribution in [1.82, 2.24) is 10.2 Å². The number of halogens is 2. The molecule has 26 heavy (non-hydrogen) atoms. The average Bonchev–Trinajstić information content (AvgIpc) is 3.19. The molecule has 3 rings (SSSR count). The molecule has 1 N–H and O–H groups in total. The highest BCUT2D eigenvalue weighted by Crippen LogP contribution is 2.32. The van der Waals surface area contributed by atoms with Crippen molar-refractivity contribution < 1.29 is 4.79 Å². The number of hydrogen-bond donors (Lipinski definition) is 1. The van der Waals surface area contributed by atoms with Crippen molar-refractivity contribution in [2.24, 2.45) is 0 Å². The van der Waals surface area contributed by atoms with E-state index in [1.165, 1.54) is 11.3 Å². The first-order chi connectivity index (χ1) is 12.6. The normalized spacial score (nSPS) is 15.2. The Morgan fingerprint density at radius 1 is 1.08 bits per heavy atom. The summed E-state index contributed by atoms with van der Waals surface area (Å²) in [5.74, 6) is 0.0343. The minimum absolute atomic E-state index is 0.0343. The zero-order valence-electron chi connectivity index (χ0n) is 14.6. The van der Waals surface area contributed by atoms with Gasteiger partial charge in [-0.1, -0.05) is 35.3 Å². The number of carbonyl (C=O) groups excluding carboxylic acids is 1. The quantitative estimate of drug-likeness (QED) is 0.686. The fraction of sp³-hybridized carbons (Fsp3) is 0.421. The van der Waals surface area contributed by atoms with Crippen LogP contribution >= 0.6 is 34.5 Å². The van der Waals surface area contributed by atoms with Gasteiger partial charge < -0.3 is 10.2 Å². The molecule has 0 saturated carbocycles. The van der Waals surface area contributed by atoms with Gasteiger partial charge in [0.25, 0.3) is 5.91 Å². The Hall–Kier alpha value is -1.27. The van der Waals surface area contributed by atoms with E-state index in [9.17, 15) is 4.79 Å². The summed E-state index contributed by atoms with van der Waals surface area (Å²) in [6.07, 6.45) is 2.08. The third-order valence-electron chi connectivity index (χ3n) is 4.58. The highest BCUT2D eigenvalue weighted by molar-refractivity contribution is 7.12. The molecule has 4 nitrogen and oxygen atoms in total. The third kappa shape index (κ3) is 5.13. The Kier molecular flexibility index (Phi) is 7.20. The number of benzene rings is 1. The summed E-state index contributed by atoms with van der Waals surface area (Å²) in [5.41, 5.74) is 1.02. The molecule has 1 aliphatic heterocycles. The van der Waals surface area contributed by atoms with Gasteiger partial charge in [-0.3, -0.25) is 9.69 Å². The molecule has 0 spiro atoms. The van der Waals surface area contributed by atoms with Crippen LogP contribution in [0.5, 0.6) is 0 Å². The minimum atomic E-state index is 0.0343. The highest BCUT2D eigenvalue weighted by Gasteiger charge is 2.19. The van der Waals surface area contributed by atoms with E-state index >= 15 is 0 Å². The van der Waals surface area contributed by atoms with Gasteiger partial charge in [0.15, 0.2) is 0 Å². The van der Waals surface area contributed by atoms with E-state index in [1.807, 2.05) is 35.7 Å². The maximum atomic E-state index is 11.9. The molecule has 1 amide bonds. The average molecular weight is 412 g/mol. The van der Waals surface area contributed by atoms with Crippen molar-refractivity contribution in [3.63, 3.8) is 0 Å². The van der Waals surface area contributed by atoms with Gasteiger partial charge in [-0.2, -0.15) is 0 Å². The number of unbranched alkanes of at least 4 members (excludes halogenated alkanes) is 1. The molecule has 0 unspecified atom stereocenters. The first kappa shape index (κ1) is 19.5. The number of nitrogens with one attached hydrogen (secondary N) is 1. The minimum Gasteiger partial charge on any atom is -0.368 e. The Balaban J connectivity index is 1.33. The topological polar surface area (TPSA) is 35.6 Å². The number of piperazine rings is 1. The van der Waals surface area contributed by atoms with Crippen LogP contribution in [-0.2, 0) is 0 Å². The maximum absolute atomic E-state index is 11.9. The monoisotopic (exact) mass is 411 g/mol. The Labute approximate surface area is 168 Å². The van der Waals surface area contributed by atoms with Crippen molar-refractivity contribution in [1.29, 1.82) is 0 Å². The van der Waals surface area contributed by atoms with Crippen LogP contribution in [0.1, 0.15) is 22.5 Å². The molecule has 2 aromatic rings. The predicted molar refractivity (Wildman–Crippen MR) is 111 cm³/mol. The molecule has 0 radical (unpaired) electrons. The van der Waals surface area contributed by atoms with Gasteiger partial charge in [0.1, 0.15) is 0 Å². The first-order valence-corrected chi connectivity index (χ1v) is 10.5. The summed E-state index contributed by atoms with van der Waals surface area (Å²) < 4.78 is 0. The summed E-state index contributed by atoms with van der Waals surface area (Å²) in [7, 11) is 0. The number of hydrogen-bond acceptors (Lipinski definition) is 4. The molecule has 2 heterocycles. The van der Waals surface area contributed by atoms with Crippen LogP contribution in [0, 0.1) is 0 Å². The zero-order valence-corrected chi connectivity index (χ0v) is 16.9. The first-order valence-electron chi connectivity index (χ1n) is 8.88. The van der Waals surface area contributed by atoms with Crippen molar-refractivity contribution in [3.8, 4) is 0 Å². The highest BCUT2D eigenvalue weighted by atomic mass is 35.5. The van der Waals surface area contributed by atoms with Gasteiger partial charge in [0.2, 0.25) is 0 Å². The lowest BCUT2D eigenvalue weighted by atomic mass is 10.2. The van der Waals surface area contributed by atoms with Crippen molar-refractivity contribution in [2.75, 3.05) is 44.2 Å². The van der Waals surface area contributed by atoms with Gasteiger partial charge >= 0.3 is 0 Å². The van der Waals surface area contributed by atoms with Crippen LogP contribution in [0.4, 0.5) is 5.69 Å². The van der Waals surface area contributed by atoms with Crippen molar-refractivity contribution in [3.05, 3.63) is 50.6 Å². The number of rotatable bonds is 7. The van der Waals surface area contributed by atoms with Crippen LogP contribution in [0.2, 0.25) is 10.0 Å². The van der Waals surface area contributed by atoms with E-state index < -0.39 is 0 Å². The van der Waals surface area contributed by atoms with Crippen LogP contribution in [-0.4, -0.2) is 50.1 Å². The smallest absolute Gasteiger partial charge is 0.261 e. The second-order valence-corrected chi connectivity index (χ2v) is 8.07. The van der Waals surface area contributed by atoms with Gasteiger partial charge in [-0.15, -0.1) is 11.3 Å². The molecule has 1 fully saturated rings. The summed E-state index contributed by atoms with van der Waals surface area (Å²) >= 11 is 13.9. The number of nitrogens with zero attached hydrogens (tertiary/aromatic N) is 2. The Morgan fingerprint density at radius 3 is 2.62 bits per heavy atom. The Morgan fingerprint density at radius 2 is 1.88 bits per heavy atom. The SMILES string of the molecule is O=C(NCCCCN1CCN(c2cccc(Cl)c2Cl)CC1)c1cccs1. The fourth-order valence-corrected chi connectivity index (χ4v) is 4.16. The summed E-state index contributed by atoms with van der Waals surface area (Å²) in [6, 6.07) is 9.54. The van der Waals surface area contributed by atoms with Crippen LogP contribution in [0.3, 0.4) is 0 Å². The third-order valence-corrected chi connectivity index (χ3v) is 6.25. The molecule has 1 saturated heterocycles. The number of anilines is 1. The summed E-state index contributed by atoms with van der Waals surface area (Å²) in [6.45, 7) is 5.74. The van der Waals surface area contributed by atoms with Gasteiger partial charge in [-0.05, 0) is 43.0 Å². The standard InChI is InChI=1S/C19H23Cl2N3OS/c20-15-5-3-6-16(18(15)21)24-12-10-23(11-13-24)9-2-1-8-22-19(25)17-7-4-14-26-17/h3-7,14H,1-2,8-13H2,(H,22,25). The van der Waals surface area contributed by atoms with E-state index in [2.05, 4.69) is 15.1 Å². The Bertz CT molecular complexity index is 716. The molecule has 1 aliphatic rings. The predicted octanol–water partition coefficient (Wildman–Crippen LogP) is 4.39. The van der Waals surface area contributed by atoms with E-state index in [0.717, 1.165) is 62.7 Å². The zero-order chi connectivity index (χ0) is 18.4. The lowest BCUT2D eigenvalue weighted by Gasteiger charge is -2.36. The van der Waals surface area contributed by atoms with Crippen LogP contribution in [0.25, 0.3) is 0 Å². The molecule has 0 aliphatic carbocycles. The number of thiophene rings is 1. The van der Waals surface area contributed by atoms with Crippen LogP contribution < -0.4 is 10.2 Å². The molecule has 1 aromatic carbocycles. The lowest BCUT2D eigenvalue weighted by molar-refractivity contribution is 0.0956. The molecule has 140 valence electrons. The molecule has 7 heteroatoms. The van der Waals surface area contributed by atoms with Crippen molar-refractivity contribution in [2.45, 2.75) is 12.8 Å². The van der Waals surface area contributed by atoms with Crippen LogP contribution in [0.15, 0.2) is 35.7 Å². The summed E-state index contributed by atoms with van der Waals surface area (Å²) in [5, 5.41) is 6.15. The number of carbonyl (C=O) groups is 1. The van der Waals surface area contributed by atoms with Crippen molar-refractivity contribution >= 4 is 46.1 Å². The van der Waals surface area contributed by atoms with Gasteiger partial charge in [0.05, 0.1) is 20.6 Å². The van der Waals surface area contributed by atoms with E-state index in [4.69, 9.17) is 23.2 Å².